The van der Waals surface area contributed by atoms with Gasteiger partial charge in [-0.05, 0) is 24.8 Å². The smallest absolute Gasteiger partial charge is 0.242 e. The second-order valence-corrected chi connectivity index (χ2v) is 5.58. The zero-order valence-corrected chi connectivity index (χ0v) is 11.7. The summed E-state index contributed by atoms with van der Waals surface area (Å²) in [5.74, 6) is 0.816. The molecule has 2 fully saturated rings. The van der Waals surface area contributed by atoms with E-state index in [9.17, 15) is 4.79 Å². The Morgan fingerprint density at radius 2 is 2.25 bits per heavy atom. The molecule has 0 radical (unpaired) electrons. The van der Waals surface area contributed by atoms with Crippen molar-refractivity contribution in [3.05, 3.63) is 18.5 Å². The lowest BCUT2D eigenvalue weighted by Crippen LogP contribution is -2.54. The van der Waals surface area contributed by atoms with Crippen molar-refractivity contribution >= 4 is 5.91 Å². The number of morpholine rings is 1. The predicted molar refractivity (Wildman–Crippen MR) is 74.1 cm³/mol. The molecule has 1 amide bonds. The number of likely N-dealkylation sites (tertiary alicyclic amines) is 1. The van der Waals surface area contributed by atoms with Crippen molar-refractivity contribution < 1.29 is 9.53 Å². The molecule has 1 aromatic rings. The van der Waals surface area contributed by atoms with Crippen LogP contribution in [0.2, 0.25) is 0 Å². The van der Waals surface area contributed by atoms with Crippen molar-refractivity contribution in [2.45, 2.75) is 25.4 Å². The van der Waals surface area contributed by atoms with E-state index in [0.717, 1.165) is 39.0 Å². The van der Waals surface area contributed by atoms with Gasteiger partial charge in [0.2, 0.25) is 5.91 Å². The Morgan fingerprint density at radius 1 is 1.40 bits per heavy atom. The third kappa shape index (κ3) is 3.19. The van der Waals surface area contributed by atoms with Crippen molar-refractivity contribution in [2.24, 2.45) is 5.92 Å². The molecule has 6 nitrogen and oxygen atoms in total. The van der Waals surface area contributed by atoms with E-state index in [1.807, 2.05) is 28.0 Å². The van der Waals surface area contributed by atoms with Crippen LogP contribution in [0.25, 0.3) is 0 Å². The molecular weight excluding hydrogens is 256 g/mol. The summed E-state index contributed by atoms with van der Waals surface area (Å²) < 4.78 is 7.35. The summed E-state index contributed by atoms with van der Waals surface area (Å²) in [6.07, 6.45) is 5.92. The highest BCUT2D eigenvalue weighted by Gasteiger charge is 2.29. The molecule has 20 heavy (non-hydrogen) atoms. The SMILES string of the molecule is O=C(C1COCCN1)N1CCC(Cn2cccn2)CC1. The zero-order chi connectivity index (χ0) is 13.8. The Balaban J connectivity index is 1.46. The van der Waals surface area contributed by atoms with Crippen LogP contribution < -0.4 is 5.32 Å². The van der Waals surface area contributed by atoms with Crippen LogP contribution in [0.3, 0.4) is 0 Å². The molecular formula is C14H22N4O2. The first-order chi connectivity index (χ1) is 9.83. The molecule has 6 heteroatoms. The Hall–Kier alpha value is -1.40. The minimum atomic E-state index is -0.147. The third-order valence-electron chi connectivity index (χ3n) is 4.15. The number of ether oxygens (including phenoxy) is 1. The number of piperidine rings is 1. The second kappa shape index (κ2) is 6.37. The summed E-state index contributed by atoms with van der Waals surface area (Å²) in [5, 5.41) is 7.48. The first kappa shape index (κ1) is 13.6. The normalized spacial score (nSPS) is 24.8. The molecule has 0 aliphatic carbocycles. The number of carbonyl (C=O) groups is 1. The van der Waals surface area contributed by atoms with E-state index >= 15 is 0 Å². The number of amides is 1. The van der Waals surface area contributed by atoms with Crippen molar-refractivity contribution in [3.63, 3.8) is 0 Å². The van der Waals surface area contributed by atoms with Crippen LogP contribution in [0.1, 0.15) is 12.8 Å². The number of rotatable bonds is 3. The molecule has 0 aromatic carbocycles. The van der Waals surface area contributed by atoms with Gasteiger partial charge in [0.25, 0.3) is 0 Å². The molecule has 0 spiro atoms. The lowest BCUT2D eigenvalue weighted by molar-refractivity contribution is -0.137. The first-order valence-corrected chi connectivity index (χ1v) is 7.40. The number of aromatic nitrogens is 2. The lowest BCUT2D eigenvalue weighted by atomic mass is 9.96. The van der Waals surface area contributed by atoms with Crippen molar-refractivity contribution in [3.8, 4) is 0 Å². The average molecular weight is 278 g/mol. The van der Waals surface area contributed by atoms with Gasteiger partial charge in [0.15, 0.2) is 0 Å². The summed E-state index contributed by atoms with van der Waals surface area (Å²) in [7, 11) is 0. The zero-order valence-electron chi connectivity index (χ0n) is 11.7. The van der Waals surface area contributed by atoms with E-state index in [-0.39, 0.29) is 11.9 Å². The summed E-state index contributed by atoms with van der Waals surface area (Å²) in [6.45, 7) is 4.64. The molecule has 2 aliphatic heterocycles. The molecule has 1 atom stereocenters. The molecule has 1 unspecified atom stereocenters. The molecule has 3 rings (SSSR count). The van der Waals surface area contributed by atoms with Gasteiger partial charge in [-0.2, -0.15) is 5.10 Å². The average Bonchev–Trinajstić information content (AvgIpc) is 3.01. The quantitative estimate of drug-likeness (QED) is 0.852. The van der Waals surface area contributed by atoms with Gasteiger partial charge in [0, 0.05) is 38.6 Å². The van der Waals surface area contributed by atoms with Crippen LogP contribution in [-0.4, -0.2) is 59.5 Å². The van der Waals surface area contributed by atoms with Crippen LogP contribution in [-0.2, 0) is 16.1 Å². The van der Waals surface area contributed by atoms with Gasteiger partial charge in [-0.25, -0.2) is 0 Å². The highest BCUT2D eigenvalue weighted by Crippen LogP contribution is 2.19. The van der Waals surface area contributed by atoms with Crippen molar-refractivity contribution in [1.82, 2.24) is 20.0 Å². The summed E-state index contributed by atoms with van der Waals surface area (Å²) in [4.78, 5) is 14.3. The lowest BCUT2D eigenvalue weighted by Gasteiger charge is -2.35. The van der Waals surface area contributed by atoms with E-state index in [1.165, 1.54) is 0 Å². The first-order valence-electron chi connectivity index (χ1n) is 7.40. The predicted octanol–water partition coefficient (Wildman–Crippen LogP) is 0.110. The van der Waals surface area contributed by atoms with Gasteiger partial charge in [-0.1, -0.05) is 0 Å². The van der Waals surface area contributed by atoms with Crippen LogP contribution in [0.5, 0.6) is 0 Å². The number of carbonyl (C=O) groups excluding carboxylic acids is 1. The molecule has 0 bridgehead atoms. The molecule has 3 heterocycles. The van der Waals surface area contributed by atoms with Gasteiger partial charge < -0.3 is 15.0 Å². The Bertz CT molecular complexity index is 420. The topological polar surface area (TPSA) is 59.4 Å². The fourth-order valence-electron chi connectivity index (χ4n) is 2.95. The molecule has 1 aromatic heterocycles. The maximum atomic E-state index is 12.3. The minimum absolute atomic E-state index is 0.147. The molecule has 110 valence electrons. The van der Waals surface area contributed by atoms with Gasteiger partial charge in [0.1, 0.15) is 6.04 Å². The third-order valence-corrected chi connectivity index (χ3v) is 4.15. The van der Waals surface area contributed by atoms with E-state index in [0.29, 0.717) is 19.1 Å². The van der Waals surface area contributed by atoms with E-state index in [4.69, 9.17) is 4.74 Å². The Labute approximate surface area is 119 Å². The number of hydrogen-bond acceptors (Lipinski definition) is 4. The highest BCUT2D eigenvalue weighted by molar-refractivity contribution is 5.82. The van der Waals surface area contributed by atoms with Crippen LogP contribution >= 0.6 is 0 Å². The fourth-order valence-corrected chi connectivity index (χ4v) is 2.95. The molecule has 2 saturated heterocycles. The standard InChI is InChI=1S/C14H22N4O2/c19-14(13-11-20-9-5-15-13)17-7-2-12(3-8-17)10-18-6-1-4-16-18/h1,4,6,12-13,15H,2-3,5,7-11H2. The van der Waals surface area contributed by atoms with Crippen molar-refractivity contribution in [2.75, 3.05) is 32.8 Å². The summed E-state index contributed by atoms with van der Waals surface area (Å²) in [6, 6.07) is 1.80. The number of nitrogens with zero attached hydrogens (tertiary/aromatic N) is 3. The molecule has 2 aliphatic rings. The van der Waals surface area contributed by atoms with Crippen molar-refractivity contribution in [1.29, 1.82) is 0 Å². The Kier molecular flexibility index (Phi) is 4.32. The maximum absolute atomic E-state index is 12.3. The molecule has 1 N–H and O–H groups in total. The summed E-state index contributed by atoms with van der Waals surface area (Å²) in [5.41, 5.74) is 0. The van der Waals surface area contributed by atoms with Crippen LogP contribution in [0, 0.1) is 5.92 Å². The van der Waals surface area contributed by atoms with E-state index in [1.54, 1.807) is 0 Å². The molecule has 0 saturated carbocycles. The van der Waals surface area contributed by atoms with Crippen LogP contribution in [0.4, 0.5) is 0 Å². The van der Waals surface area contributed by atoms with Gasteiger partial charge in [0.05, 0.1) is 13.2 Å². The monoisotopic (exact) mass is 278 g/mol. The van der Waals surface area contributed by atoms with E-state index < -0.39 is 0 Å². The van der Waals surface area contributed by atoms with Gasteiger partial charge in [-0.15, -0.1) is 0 Å². The Morgan fingerprint density at radius 3 is 2.90 bits per heavy atom. The maximum Gasteiger partial charge on any atom is 0.242 e. The number of hydrogen-bond donors (Lipinski definition) is 1. The van der Waals surface area contributed by atoms with Gasteiger partial charge >= 0.3 is 0 Å². The minimum Gasteiger partial charge on any atom is -0.378 e. The fraction of sp³-hybridized carbons (Fsp3) is 0.714. The largest absolute Gasteiger partial charge is 0.378 e. The van der Waals surface area contributed by atoms with Gasteiger partial charge in [-0.3, -0.25) is 9.48 Å². The number of nitrogens with one attached hydrogen (secondary N) is 1. The summed E-state index contributed by atoms with van der Waals surface area (Å²) >= 11 is 0. The second-order valence-electron chi connectivity index (χ2n) is 5.58. The highest BCUT2D eigenvalue weighted by atomic mass is 16.5. The van der Waals surface area contributed by atoms with Crippen LogP contribution in [0.15, 0.2) is 18.5 Å². The van der Waals surface area contributed by atoms with E-state index in [2.05, 4.69) is 10.4 Å².